The van der Waals surface area contributed by atoms with Gasteiger partial charge in [0.1, 0.15) is 11.8 Å². The molecule has 0 amide bonds. The number of hydrogen-bond acceptors (Lipinski definition) is 3. The molecule has 0 bridgehead atoms. The molecule has 82 valence electrons. The monoisotopic (exact) mass is 223 g/mol. The van der Waals surface area contributed by atoms with Crippen molar-refractivity contribution in [2.45, 2.75) is 0 Å². The normalized spacial score (nSPS) is 10.6. The molecule has 3 aromatic rings. The van der Waals surface area contributed by atoms with Crippen LogP contribution in [0, 0.1) is 0 Å². The molecule has 3 nitrogen and oxygen atoms in total. The number of hydrogen-bond donors (Lipinski definition) is 0. The summed E-state index contributed by atoms with van der Waals surface area (Å²) in [6, 6.07) is 14.8. The quantitative estimate of drug-likeness (QED) is 0.626. The summed E-state index contributed by atoms with van der Waals surface area (Å²) >= 11 is 0. The highest BCUT2D eigenvalue weighted by Gasteiger charge is 2.06. The average Bonchev–Trinajstić information content (AvgIpc) is 2.82. The van der Waals surface area contributed by atoms with E-state index in [9.17, 15) is 4.79 Å². The SMILES string of the molecule is O=Cc1ccc(-c2nc3ccccc3o2)cc1. The number of benzene rings is 2. The van der Waals surface area contributed by atoms with E-state index < -0.39 is 0 Å². The lowest BCUT2D eigenvalue weighted by atomic mass is 10.1. The lowest BCUT2D eigenvalue weighted by Gasteiger charge is -1.94. The van der Waals surface area contributed by atoms with Gasteiger partial charge in [0, 0.05) is 11.1 Å². The van der Waals surface area contributed by atoms with Crippen molar-refractivity contribution < 1.29 is 9.21 Å². The van der Waals surface area contributed by atoms with Crippen LogP contribution in [0.2, 0.25) is 0 Å². The van der Waals surface area contributed by atoms with Crippen LogP contribution in [0.3, 0.4) is 0 Å². The van der Waals surface area contributed by atoms with Gasteiger partial charge in [-0.15, -0.1) is 0 Å². The second kappa shape index (κ2) is 3.87. The first-order valence-electron chi connectivity index (χ1n) is 5.28. The minimum absolute atomic E-state index is 0.573. The Labute approximate surface area is 97.7 Å². The van der Waals surface area contributed by atoms with Crippen LogP contribution < -0.4 is 0 Å². The number of rotatable bonds is 2. The highest BCUT2D eigenvalue weighted by atomic mass is 16.3. The third kappa shape index (κ3) is 1.72. The van der Waals surface area contributed by atoms with E-state index in [2.05, 4.69) is 4.98 Å². The molecule has 1 aromatic heterocycles. The van der Waals surface area contributed by atoms with Gasteiger partial charge in [-0.05, 0) is 24.3 Å². The molecule has 0 atom stereocenters. The minimum Gasteiger partial charge on any atom is -0.436 e. The van der Waals surface area contributed by atoms with Gasteiger partial charge in [-0.3, -0.25) is 4.79 Å². The molecule has 0 unspecified atom stereocenters. The third-order valence-electron chi connectivity index (χ3n) is 2.59. The zero-order chi connectivity index (χ0) is 11.7. The topological polar surface area (TPSA) is 43.1 Å². The molecule has 0 spiro atoms. The van der Waals surface area contributed by atoms with Crippen molar-refractivity contribution in [3.8, 4) is 11.5 Å². The Hall–Kier alpha value is -2.42. The Morgan fingerprint density at radius 3 is 2.47 bits per heavy atom. The lowest BCUT2D eigenvalue weighted by molar-refractivity contribution is 0.112. The first-order chi connectivity index (χ1) is 8.36. The smallest absolute Gasteiger partial charge is 0.227 e. The molecule has 2 aromatic carbocycles. The summed E-state index contributed by atoms with van der Waals surface area (Å²) in [6.07, 6.45) is 0.815. The maximum atomic E-state index is 10.6. The van der Waals surface area contributed by atoms with E-state index in [0.29, 0.717) is 11.5 Å². The number of carbonyl (C=O) groups excluding carboxylic acids is 1. The average molecular weight is 223 g/mol. The summed E-state index contributed by atoms with van der Waals surface area (Å²) in [5.74, 6) is 0.573. The zero-order valence-electron chi connectivity index (χ0n) is 8.96. The van der Waals surface area contributed by atoms with E-state index in [1.807, 2.05) is 36.4 Å². The molecule has 1 heterocycles. The summed E-state index contributed by atoms with van der Waals surface area (Å²) < 4.78 is 5.63. The van der Waals surface area contributed by atoms with Crippen LogP contribution in [0.5, 0.6) is 0 Å². The molecular weight excluding hydrogens is 214 g/mol. The van der Waals surface area contributed by atoms with Gasteiger partial charge in [-0.2, -0.15) is 0 Å². The standard InChI is InChI=1S/C14H9NO2/c16-9-10-5-7-11(8-6-10)14-15-12-3-1-2-4-13(12)17-14/h1-9H. The highest BCUT2D eigenvalue weighted by molar-refractivity contribution is 5.78. The Morgan fingerprint density at radius 1 is 1.00 bits per heavy atom. The molecule has 0 aliphatic heterocycles. The molecule has 0 aliphatic carbocycles. The summed E-state index contributed by atoms with van der Waals surface area (Å²) in [7, 11) is 0. The number of aromatic nitrogens is 1. The van der Waals surface area contributed by atoms with Gasteiger partial charge in [0.2, 0.25) is 5.89 Å². The first-order valence-corrected chi connectivity index (χ1v) is 5.28. The number of aldehydes is 1. The fourth-order valence-corrected chi connectivity index (χ4v) is 1.70. The van der Waals surface area contributed by atoms with E-state index in [1.54, 1.807) is 12.1 Å². The molecule has 0 saturated heterocycles. The first kappa shape index (κ1) is 9.78. The van der Waals surface area contributed by atoms with Crippen molar-refractivity contribution in [2.75, 3.05) is 0 Å². The number of para-hydroxylation sites is 2. The van der Waals surface area contributed by atoms with Gasteiger partial charge in [-0.25, -0.2) is 4.98 Å². The van der Waals surface area contributed by atoms with Crippen molar-refractivity contribution in [3.05, 3.63) is 54.1 Å². The minimum atomic E-state index is 0.573. The van der Waals surface area contributed by atoms with Crippen molar-refractivity contribution in [1.82, 2.24) is 4.98 Å². The van der Waals surface area contributed by atoms with E-state index in [1.165, 1.54) is 0 Å². The molecule has 0 N–H and O–H groups in total. The highest BCUT2D eigenvalue weighted by Crippen LogP contribution is 2.23. The van der Waals surface area contributed by atoms with Crippen LogP contribution in [0.1, 0.15) is 10.4 Å². The van der Waals surface area contributed by atoms with Gasteiger partial charge in [0.05, 0.1) is 0 Å². The number of fused-ring (bicyclic) bond motifs is 1. The third-order valence-corrected chi connectivity index (χ3v) is 2.59. The van der Waals surface area contributed by atoms with E-state index >= 15 is 0 Å². The van der Waals surface area contributed by atoms with Crippen molar-refractivity contribution >= 4 is 17.4 Å². The summed E-state index contributed by atoms with van der Waals surface area (Å²) in [5.41, 5.74) is 3.11. The number of oxazole rings is 1. The predicted octanol–water partition coefficient (Wildman–Crippen LogP) is 3.31. The van der Waals surface area contributed by atoms with Crippen LogP contribution in [-0.2, 0) is 0 Å². The molecular formula is C14H9NO2. The Kier molecular flexibility index (Phi) is 2.22. The maximum absolute atomic E-state index is 10.6. The molecule has 3 heteroatoms. The van der Waals surface area contributed by atoms with Gasteiger partial charge in [0.15, 0.2) is 5.58 Å². The van der Waals surface area contributed by atoms with Crippen LogP contribution in [0.15, 0.2) is 52.9 Å². The fraction of sp³-hybridized carbons (Fsp3) is 0. The van der Waals surface area contributed by atoms with Crippen LogP contribution in [-0.4, -0.2) is 11.3 Å². The largest absolute Gasteiger partial charge is 0.436 e. The summed E-state index contributed by atoms with van der Waals surface area (Å²) in [4.78, 5) is 14.9. The van der Waals surface area contributed by atoms with Crippen molar-refractivity contribution in [2.24, 2.45) is 0 Å². The van der Waals surface area contributed by atoms with Crippen molar-refractivity contribution in [1.29, 1.82) is 0 Å². The van der Waals surface area contributed by atoms with Gasteiger partial charge in [-0.1, -0.05) is 24.3 Å². The number of nitrogens with zero attached hydrogens (tertiary/aromatic N) is 1. The Balaban J connectivity index is 2.10. The van der Waals surface area contributed by atoms with Crippen molar-refractivity contribution in [3.63, 3.8) is 0 Å². The molecule has 0 fully saturated rings. The van der Waals surface area contributed by atoms with E-state index in [-0.39, 0.29) is 0 Å². The summed E-state index contributed by atoms with van der Waals surface area (Å²) in [5, 5.41) is 0. The lowest BCUT2D eigenvalue weighted by Crippen LogP contribution is -1.80. The Morgan fingerprint density at radius 2 is 1.76 bits per heavy atom. The molecule has 3 rings (SSSR count). The van der Waals surface area contributed by atoms with E-state index in [0.717, 1.165) is 22.9 Å². The Bertz CT molecular complexity index is 635. The van der Waals surface area contributed by atoms with E-state index in [4.69, 9.17) is 4.42 Å². The van der Waals surface area contributed by atoms with Crippen LogP contribution in [0.25, 0.3) is 22.6 Å². The predicted molar refractivity (Wildman–Crippen MR) is 64.8 cm³/mol. The van der Waals surface area contributed by atoms with Crippen LogP contribution in [0.4, 0.5) is 0 Å². The summed E-state index contributed by atoms with van der Waals surface area (Å²) in [6.45, 7) is 0. The molecule has 0 saturated carbocycles. The second-order valence-electron chi connectivity index (χ2n) is 3.73. The fourth-order valence-electron chi connectivity index (χ4n) is 1.70. The van der Waals surface area contributed by atoms with Gasteiger partial charge in [0.25, 0.3) is 0 Å². The second-order valence-corrected chi connectivity index (χ2v) is 3.73. The molecule has 0 aliphatic rings. The molecule has 17 heavy (non-hydrogen) atoms. The zero-order valence-corrected chi connectivity index (χ0v) is 8.96. The number of carbonyl (C=O) groups is 1. The maximum Gasteiger partial charge on any atom is 0.227 e. The van der Waals surface area contributed by atoms with Gasteiger partial charge < -0.3 is 4.42 Å². The molecule has 0 radical (unpaired) electrons. The van der Waals surface area contributed by atoms with Crippen LogP contribution >= 0.6 is 0 Å². The van der Waals surface area contributed by atoms with Gasteiger partial charge >= 0.3 is 0 Å².